The molecule has 0 unspecified atom stereocenters. The third kappa shape index (κ3) is 3.50. The van der Waals surface area contributed by atoms with Crippen LogP contribution in [0.5, 0.6) is 5.75 Å². The molecule has 0 atom stereocenters. The van der Waals surface area contributed by atoms with E-state index >= 15 is 0 Å². The average Bonchev–Trinajstić information content (AvgIpc) is 2.19. The molecule has 0 saturated heterocycles. The van der Waals surface area contributed by atoms with Crippen LogP contribution in [0.4, 0.5) is 0 Å². The molecule has 0 radical (unpaired) electrons. The first-order valence-corrected chi connectivity index (χ1v) is 6.01. The number of benzene rings is 1. The van der Waals surface area contributed by atoms with Crippen LogP contribution >= 0.6 is 12.6 Å². The lowest BCUT2D eigenvalue weighted by Crippen LogP contribution is -2.10. The predicted octanol–water partition coefficient (Wildman–Crippen LogP) is 3.36. The number of hydrogen-bond acceptors (Lipinski definition) is 2. The zero-order chi connectivity index (χ0) is 12.2. The van der Waals surface area contributed by atoms with Crippen LogP contribution in [-0.2, 0) is 5.41 Å². The number of thiol groups is 1. The molecule has 0 aliphatic heterocycles. The smallest absolute Gasteiger partial charge is 0.131 e. The number of phenolic OH excluding ortho intramolecular Hbond substituents is 1. The Balaban J connectivity index is 3.06. The molecule has 2 heteroatoms. The Bertz CT molecular complexity index is 419. The first-order chi connectivity index (χ1) is 7.45. The maximum atomic E-state index is 9.68. The Morgan fingerprint density at radius 1 is 1.31 bits per heavy atom. The summed E-state index contributed by atoms with van der Waals surface area (Å²) in [5, 5.41) is 9.68. The quantitative estimate of drug-likeness (QED) is 0.564. The fourth-order valence-corrected chi connectivity index (χ4v) is 1.43. The second-order valence-electron chi connectivity index (χ2n) is 4.76. The van der Waals surface area contributed by atoms with Crippen LogP contribution in [0.2, 0.25) is 0 Å². The molecule has 1 rings (SSSR count). The molecular weight excluding hydrogens is 216 g/mol. The molecule has 0 aromatic heterocycles. The highest BCUT2D eigenvalue weighted by atomic mass is 32.1. The molecular formula is C14H18OS. The van der Waals surface area contributed by atoms with Crippen molar-refractivity contribution in [2.75, 3.05) is 5.75 Å². The third-order valence-corrected chi connectivity index (χ3v) is 2.55. The van der Waals surface area contributed by atoms with E-state index in [1.807, 2.05) is 12.1 Å². The van der Waals surface area contributed by atoms with Crippen molar-refractivity contribution in [1.82, 2.24) is 0 Å². The van der Waals surface area contributed by atoms with Gasteiger partial charge in [0.25, 0.3) is 0 Å². The number of rotatable bonds is 1. The summed E-state index contributed by atoms with van der Waals surface area (Å²) in [4.78, 5) is 0. The van der Waals surface area contributed by atoms with Crippen LogP contribution in [0.3, 0.4) is 0 Å². The van der Waals surface area contributed by atoms with Gasteiger partial charge in [0, 0.05) is 12.2 Å². The van der Waals surface area contributed by atoms with Crippen molar-refractivity contribution in [3.05, 3.63) is 29.3 Å². The Kier molecular flexibility index (Phi) is 4.32. The molecule has 1 N–H and O–H groups in total. The van der Waals surface area contributed by atoms with Gasteiger partial charge in [-0.2, -0.15) is 12.6 Å². The van der Waals surface area contributed by atoms with Crippen LogP contribution in [0, 0.1) is 11.8 Å². The summed E-state index contributed by atoms with van der Waals surface area (Å²) in [5.74, 6) is 6.95. The van der Waals surface area contributed by atoms with Gasteiger partial charge in [-0.25, -0.2) is 0 Å². The monoisotopic (exact) mass is 234 g/mol. The van der Waals surface area contributed by atoms with Crippen molar-refractivity contribution in [1.29, 1.82) is 0 Å². The molecule has 86 valence electrons. The Labute approximate surface area is 103 Å². The van der Waals surface area contributed by atoms with Gasteiger partial charge in [0.2, 0.25) is 0 Å². The first-order valence-electron chi connectivity index (χ1n) is 5.38. The van der Waals surface area contributed by atoms with Crippen molar-refractivity contribution in [2.24, 2.45) is 0 Å². The van der Waals surface area contributed by atoms with E-state index in [1.165, 1.54) is 5.56 Å². The van der Waals surface area contributed by atoms with Gasteiger partial charge in [0.1, 0.15) is 5.75 Å². The lowest BCUT2D eigenvalue weighted by atomic mass is 9.86. The minimum atomic E-state index is 0.0771. The molecule has 1 aromatic carbocycles. The van der Waals surface area contributed by atoms with Crippen molar-refractivity contribution < 1.29 is 5.11 Å². The normalized spacial score (nSPS) is 10.8. The molecule has 1 aromatic rings. The van der Waals surface area contributed by atoms with E-state index < -0.39 is 0 Å². The zero-order valence-corrected chi connectivity index (χ0v) is 10.9. The van der Waals surface area contributed by atoms with Gasteiger partial charge < -0.3 is 5.11 Å². The lowest BCUT2D eigenvalue weighted by molar-refractivity contribution is 0.472. The van der Waals surface area contributed by atoms with E-state index in [4.69, 9.17) is 0 Å². The first kappa shape index (κ1) is 13.0. The maximum Gasteiger partial charge on any atom is 0.131 e. The van der Waals surface area contributed by atoms with E-state index in [0.717, 1.165) is 12.2 Å². The molecule has 0 heterocycles. The maximum absolute atomic E-state index is 9.68. The molecule has 16 heavy (non-hydrogen) atoms. The highest BCUT2D eigenvalue weighted by Crippen LogP contribution is 2.26. The molecule has 0 aliphatic rings. The minimum Gasteiger partial charge on any atom is -0.507 e. The molecule has 0 saturated carbocycles. The van der Waals surface area contributed by atoms with Gasteiger partial charge in [-0.05, 0) is 23.1 Å². The molecule has 0 bridgehead atoms. The summed E-state index contributed by atoms with van der Waals surface area (Å²) in [5.41, 5.74) is 1.96. The van der Waals surface area contributed by atoms with Crippen LogP contribution in [0.1, 0.15) is 38.3 Å². The highest BCUT2D eigenvalue weighted by molar-refractivity contribution is 7.80. The van der Waals surface area contributed by atoms with Gasteiger partial charge in [0.15, 0.2) is 0 Å². The number of aromatic hydroxyl groups is 1. The van der Waals surface area contributed by atoms with Gasteiger partial charge in [-0.3, -0.25) is 0 Å². The predicted molar refractivity (Wildman–Crippen MR) is 72.2 cm³/mol. The summed E-state index contributed by atoms with van der Waals surface area (Å²) >= 11 is 4.09. The second kappa shape index (κ2) is 5.32. The van der Waals surface area contributed by atoms with Gasteiger partial charge in [0.05, 0.1) is 5.56 Å². The summed E-state index contributed by atoms with van der Waals surface area (Å²) < 4.78 is 0. The SMILES string of the molecule is CC(C)(C)c1ccc(O)c(C#CCCS)c1. The average molecular weight is 234 g/mol. The summed E-state index contributed by atoms with van der Waals surface area (Å²) in [7, 11) is 0. The molecule has 0 aliphatic carbocycles. The van der Waals surface area contributed by atoms with Crippen molar-refractivity contribution in [3.63, 3.8) is 0 Å². The van der Waals surface area contributed by atoms with Gasteiger partial charge >= 0.3 is 0 Å². The van der Waals surface area contributed by atoms with Gasteiger partial charge in [-0.1, -0.05) is 38.7 Å². The zero-order valence-electron chi connectivity index (χ0n) is 10.0. The van der Waals surface area contributed by atoms with Crippen molar-refractivity contribution in [3.8, 4) is 17.6 Å². The van der Waals surface area contributed by atoms with Gasteiger partial charge in [-0.15, -0.1) is 0 Å². The molecule has 1 nitrogen and oxygen atoms in total. The van der Waals surface area contributed by atoms with Crippen LogP contribution in [0.25, 0.3) is 0 Å². The second-order valence-corrected chi connectivity index (χ2v) is 5.20. The van der Waals surface area contributed by atoms with Crippen LogP contribution in [-0.4, -0.2) is 10.9 Å². The third-order valence-electron chi connectivity index (χ3n) is 2.32. The standard InChI is InChI=1S/C14H18OS/c1-14(2,3)12-7-8-13(15)11(10-12)6-4-5-9-16/h7-8,10,15-16H,5,9H2,1-3H3. The number of phenols is 1. The molecule has 0 amide bonds. The molecule has 0 spiro atoms. The fraction of sp³-hybridized carbons (Fsp3) is 0.429. The summed E-state index contributed by atoms with van der Waals surface area (Å²) in [6.45, 7) is 6.43. The van der Waals surface area contributed by atoms with Crippen LogP contribution in [0.15, 0.2) is 18.2 Å². The van der Waals surface area contributed by atoms with Crippen LogP contribution < -0.4 is 0 Å². The van der Waals surface area contributed by atoms with Crippen molar-refractivity contribution >= 4 is 12.6 Å². The Morgan fingerprint density at radius 3 is 2.56 bits per heavy atom. The van der Waals surface area contributed by atoms with E-state index in [0.29, 0.717) is 5.56 Å². The Morgan fingerprint density at radius 2 is 2.00 bits per heavy atom. The topological polar surface area (TPSA) is 20.2 Å². The summed E-state index contributed by atoms with van der Waals surface area (Å²) in [6.07, 6.45) is 0.738. The Hall–Kier alpha value is -1.07. The van der Waals surface area contributed by atoms with E-state index in [1.54, 1.807) is 6.07 Å². The van der Waals surface area contributed by atoms with E-state index in [9.17, 15) is 5.11 Å². The van der Waals surface area contributed by atoms with Crippen molar-refractivity contribution in [2.45, 2.75) is 32.6 Å². The highest BCUT2D eigenvalue weighted by Gasteiger charge is 2.14. The fourth-order valence-electron chi connectivity index (χ4n) is 1.32. The number of hydrogen-bond donors (Lipinski definition) is 2. The molecule has 0 fully saturated rings. The largest absolute Gasteiger partial charge is 0.507 e. The summed E-state index contributed by atoms with van der Waals surface area (Å²) in [6, 6.07) is 5.62. The van der Waals surface area contributed by atoms with E-state index in [2.05, 4.69) is 45.2 Å². The minimum absolute atomic E-state index is 0.0771. The lowest BCUT2D eigenvalue weighted by Gasteiger charge is -2.19. The van der Waals surface area contributed by atoms with E-state index in [-0.39, 0.29) is 11.2 Å².